The normalized spacial score (nSPS) is 11.0. The minimum Gasteiger partial charge on any atom is -0.507 e. The first kappa shape index (κ1) is 17.9. The Hall–Kier alpha value is -2.49. The SMILES string of the molecule is CC(=O)Nc1ccc(Nc2cc(C(C)C)c(O)c(C(C)C)c2)cc1. The fourth-order valence-corrected chi connectivity index (χ4v) is 2.64. The summed E-state index contributed by atoms with van der Waals surface area (Å²) in [5, 5.41) is 16.6. The van der Waals surface area contributed by atoms with Crippen LogP contribution in [0.4, 0.5) is 17.1 Å². The van der Waals surface area contributed by atoms with E-state index < -0.39 is 0 Å². The van der Waals surface area contributed by atoms with Crippen molar-refractivity contribution in [1.29, 1.82) is 0 Å². The molecule has 128 valence electrons. The van der Waals surface area contributed by atoms with Crippen LogP contribution in [0.3, 0.4) is 0 Å². The first-order valence-electron chi connectivity index (χ1n) is 8.29. The number of amides is 1. The predicted octanol–water partition coefficient (Wildman–Crippen LogP) is 5.34. The zero-order valence-electron chi connectivity index (χ0n) is 15.0. The van der Waals surface area contributed by atoms with Crippen LogP contribution in [0.5, 0.6) is 5.75 Å². The highest BCUT2D eigenvalue weighted by Gasteiger charge is 2.15. The van der Waals surface area contributed by atoms with Gasteiger partial charge in [0.25, 0.3) is 0 Å². The van der Waals surface area contributed by atoms with Crippen LogP contribution in [0.15, 0.2) is 36.4 Å². The van der Waals surface area contributed by atoms with E-state index in [-0.39, 0.29) is 17.7 Å². The standard InChI is InChI=1S/C20H26N2O2/c1-12(2)18-10-17(11-19(13(3)4)20(18)24)22-16-8-6-15(7-9-16)21-14(5)23/h6-13,22,24H,1-5H3,(H,21,23). The van der Waals surface area contributed by atoms with E-state index in [2.05, 4.69) is 38.3 Å². The van der Waals surface area contributed by atoms with Crippen molar-refractivity contribution in [3.8, 4) is 5.75 Å². The molecule has 0 atom stereocenters. The molecular weight excluding hydrogens is 300 g/mol. The van der Waals surface area contributed by atoms with Gasteiger partial charge >= 0.3 is 0 Å². The molecule has 0 spiro atoms. The first-order chi connectivity index (χ1) is 11.3. The number of anilines is 3. The second-order valence-corrected chi connectivity index (χ2v) is 6.70. The van der Waals surface area contributed by atoms with E-state index in [0.29, 0.717) is 5.75 Å². The molecule has 0 saturated heterocycles. The molecule has 4 nitrogen and oxygen atoms in total. The van der Waals surface area contributed by atoms with Gasteiger partial charge in [-0.05, 0) is 59.4 Å². The number of aromatic hydroxyl groups is 1. The first-order valence-corrected chi connectivity index (χ1v) is 8.29. The molecule has 2 aromatic rings. The second kappa shape index (κ2) is 7.39. The van der Waals surface area contributed by atoms with E-state index in [1.54, 1.807) is 0 Å². The van der Waals surface area contributed by atoms with Crippen molar-refractivity contribution in [2.45, 2.75) is 46.5 Å². The van der Waals surface area contributed by atoms with Crippen molar-refractivity contribution >= 4 is 23.0 Å². The molecule has 24 heavy (non-hydrogen) atoms. The van der Waals surface area contributed by atoms with E-state index in [1.807, 2.05) is 36.4 Å². The molecule has 0 unspecified atom stereocenters. The molecule has 0 aliphatic rings. The largest absolute Gasteiger partial charge is 0.507 e. The van der Waals surface area contributed by atoms with E-state index in [4.69, 9.17) is 0 Å². The van der Waals surface area contributed by atoms with Crippen molar-refractivity contribution in [3.63, 3.8) is 0 Å². The molecule has 1 amide bonds. The van der Waals surface area contributed by atoms with Crippen molar-refractivity contribution in [2.75, 3.05) is 10.6 Å². The van der Waals surface area contributed by atoms with Crippen molar-refractivity contribution in [1.82, 2.24) is 0 Å². The third-order valence-corrected chi connectivity index (χ3v) is 3.91. The molecule has 0 aliphatic heterocycles. The lowest BCUT2D eigenvalue weighted by molar-refractivity contribution is -0.114. The van der Waals surface area contributed by atoms with Crippen molar-refractivity contribution < 1.29 is 9.90 Å². The number of carbonyl (C=O) groups is 1. The molecule has 0 heterocycles. The summed E-state index contributed by atoms with van der Waals surface area (Å²) < 4.78 is 0. The number of benzene rings is 2. The van der Waals surface area contributed by atoms with Gasteiger partial charge in [-0.2, -0.15) is 0 Å². The van der Waals surface area contributed by atoms with Crippen LogP contribution < -0.4 is 10.6 Å². The number of phenols is 1. The van der Waals surface area contributed by atoms with Gasteiger partial charge < -0.3 is 15.7 Å². The second-order valence-electron chi connectivity index (χ2n) is 6.70. The zero-order valence-corrected chi connectivity index (χ0v) is 15.0. The maximum atomic E-state index is 11.1. The lowest BCUT2D eigenvalue weighted by Crippen LogP contribution is -2.05. The highest BCUT2D eigenvalue weighted by Crippen LogP contribution is 2.37. The molecule has 0 fully saturated rings. The average molecular weight is 326 g/mol. The Labute approximate surface area is 143 Å². The molecule has 3 N–H and O–H groups in total. The van der Waals surface area contributed by atoms with Gasteiger partial charge in [0.05, 0.1) is 0 Å². The minimum absolute atomic E-state index is 0.0857. The van der Waals surface area contributed by atoms with Crippen LogP contribution in [-0.2, 0) is 4.79 Å². The summed E-state index contributed by atoms with van der Waals surface area (Å²) in [5.41, 5.74) is 4.54. The maximum Gasteiger partial charge on any atom is 0.221 e. The Morgan fingerprint density at radius 3 is 1.75 bits per heavy atom. The van der Waals surface area contributed by atoms with Crippen LogP contribution >= 0.6 is 0 Å². The Kier molecular flexibility index (Phi) is 5.50. The summed E-state index contributed by atoms with van der Waals surface area (Å²) in [6.45, 7) is 9.79. The third kappa shape index (κ3) is 4.28. The van der Waals surface area contributed by atoms with Gasteiger partial charge in [0.2, 0.25) is 5.91 Å². The number of carbonyl (C=O) groups excluding carboxylic acids is 1. The minimum atomic E-state index is -0.0857. The fourth-order valence-electron chi connectivity index (χ4n) is 2.64. The fraction of sp³-hybridized carbons (Fsp3) is 0.350. The summed E-state index contributed by atoms with van der Waals surface area (Å²) in [5.74, 6) is 0.793. The Bertz CT molecular complexity index is 690. The Morgan fingerprint density at radius 2 is 1.33 bits per heavy atom. The third-order valence-electron chi connectivity index (χ3n) is 3.91. The molecule has 0 radical (unpaired) electrons. The molecule has 2 rings (SSSR count). The van der Waals surface area contributed by atoms with Crippen molar-refractivity contribution in [2.24, 2.45) is 0 Å². The summed E-state index contributed by atoms with van der Waals surface area (Å²) >= 11 is 0. The lowest BCUT2D eigenvalue weighted by atomic mass is 9.93. The van der Waals surface area contributed by atoms with Gasteiger partial charge in [0.1, 0.15) is 5.75 Å². The highest BCUT2D eigenvalue weighted by atomic mass is 16.3. The highest BCUT2D eigenvalue weighted by molar-refractivity contribution is 5.88. The summed E-state index contributed by atoms with van der Waals surface area (Å²) in [4.78, 5) is 11.1. The molecule has 0 saturated carbocycles. The van der Waals surface area contributed by atoms with Crippen LogP contribution in [0, 0.1) is 0 Å². The number of hydrogen-bond acceptors (Lipinski definition) is 3. The van der Waals surface area contributed by atoms with Crippen LogP contribution in [0.1, 0.15) is 57.6 Å². The Balaban J connectivity index is 2.30. The van der Waals surface area contributed by atoms with Gasteiger partial charge in [0, 0.05) is 24.0 Å². The molecule has 0 aromatic heterocycles. The topological polar surface area (TPSA) is 61.4 Å². The van der Waals surface area contributed by atoms with E-state index in [1.165, 1.54) is 6.92 Å². The molecular formula is C20H26N2O2. The van der Waals surface area contributed by atoms with Crippen molar-refractivity contribution in [3.05, 3.63) is 47.5 Å². The van der Waals surface area contributed by atoms with E-state index >= 15 is 0 Å². The van der Waals surface area contributed by atoms with Gasteiger partial charge in [-0.3, -0.25) is 4.79 Å². The number of rotatable bonds is 5. The smallest absolute Gasteiger partial charge is 0.221 e. The van der Waals surface area contributed by atoms with E-state index in [9.17, 15) is 9.90 Å². The van der Waals surface area contributed by atoms with Gasteiger partial charge in [-0.15, -0.1) is 0 Å². The van der Waals surface area contributed by atoms with Crippen LogP contribution in [0.2, 0.25) is 0 Å². The molecule has 0 bridgehead atoms. The van der Waals surface area contributed by atoms with Crippen LogP contribution in [-0.4, -0.2) is 11.0 Å². The maximum absolute atomic E-state index is 11.1. The van der Waals surface area contributed by atoms with Gasteiger partial charge in [-0.1, -0.05) is 27.7 Å². The quantitative estimate of drug-likeness (QED) is 0.650. The number of nitrogens with one attached hydrogen (secondary N) is 2. The summed E-state index contributed by atoms with van der Waals surface area (Å²) in [7, 11) is 0. The van der Waals surface area contributed by atoms with Gasteiger partial charge in [0.15, 0.2) is 0 Å². The summed E-state index contributed by atoms with van der Waals surface area (Å²) in [6.07, 6.45) is 0. The molecule has 0 aliphatic carbocycles. The molecule has 2 aromatic carbocycles. The number of hydrogen-bond donors (Lipinski definition) is 3. The van der Waals surface area contributed by atoms with Gasteiger partial charge in [-0.25, -0.2) is 0 Å². The zero-order chi connectivity index (χ0) is 17.9. The molecule has 4 heteroatoms. The number of phenolic OH excluding ortho intramolecular Hbond substituents is 1. The summed E-state index contributed by atoms with van der Waals surface area (Å²) in [6, 6.07) is 11.5. The van der Waals surface area contributed by atoms with Crippen LogP contribution in [0.25, 0.3) is 0 Å². The van der Waals surface area contributed by atoms with E-state index in [0.717, 1.165) is 28.2 Å². The predicted molar refractivity (Wildman–Crippen MR) is 100 cm³/mol. The Morgan fingerprint density at radius 1 is 0.875 bits per heavy atom. The monoisotopic (exact) mass is 326 g/mol. The lowest BCUT2D eigenvalue weighted by Gasteiger charge is -2.18. The average Bonchev–Trinajstić information content (AvgIpc) is 2.49.